The van der Waals surface area contributed by atoms with Gasteiger partial charge in [0.25, 0.3) is 5.91 Å². The standard InChI is InChI=1S/C21H27N3O2/c1-16(2)18-4-6-19(7-5-18)21(26)24-12-10-23(11-13-24)20(25)14-17-8-9-22(3)15-17/h4-9,15-16H,10-14H2,1-3H3. The second-order valence-corrected chi connectivity index (χ2v) is 7.31. The lowest BCUT2D eigenvalue weighted by molar-refractivity contribution is -0.131. The minimum atomic E-state index is 0.0514. The smallest absolute Gasteiger partial charge is 0.253 e. The van der Waals surface area contributed by atoms with Gasteiger partial charge in [-0.25, -0.2) is 0 Å². The van der Waals surface area contributed by atoms with E-state index in [0.717, 1.165) is 11.1 Å². The molecule has 1 aromatic carbocycles. The SMILES string of the molecule is CC(C)c1ccc(C(=O)N2CCN(C(=O)Cc3ccn(C)c3)CC2)cc1. The highest BCUT2D eigenvalue weighted by Crippen LogP contribution is 2.16. The second-order valence-electron chi connectivity index (χ2n) is 7.31. The summed E-state index contributed by atoms with van der Waals surface area (Å²) in [4.78, 5) is 28.8. The molecule has 2 aromatic rings. The van der Waals surface area contributed by atoms with Gasteiger partial charge in [0.1, 0.15) is 0 Å². The van der Waals surface area contributed by atoms with Gasteiger partial charge in [0.15, 0.2) is 0 Å². The van der Waals surface area contributed by atoms with Crippen molar-refractivity contribution in [1.29, 1.82) is 0 Å². The number of aromatic nitrogens is 1. The zero-order chi connectivity index (χ0) is 18.7. The molecule has 1 fully saturated rings. The van der Waals surface area contributed by atoms with Gasteiger partial charge in [0, 0.05) is 51.2 Å². The topological polar surface area (TPSA) is 45.6 Å². The van der Waals surface area contributed by atoms with E-state index in [1.165, 1.54) is 5.56 Å². The first-order chi connectivity index (χ1) is 12.4. The molecule has 0 N–H and O–H groups in total. The van der Waals surface area contributed by atoms with Crippen LogP contribution in [0.25, 0.3) is 0 Å². The number of carbonyl (C=O) groups is 2. The monoisotopic (exact) mass is 353 g/mol. The van der Waals surface area contributed by atoms with Crippen LogP contribution < -0.4 is 0 Å². The molecule has 5 nitrogen and oxygen atoms in total. The Morgan fingerprint density at radius 2 is 1.58 bits per heavy atom. The van der Waals surface area contributed by atoms with Gasteiger partial charge in [-0.15, -0.1) is 0 Å². The van der Waals surface area contributed by atoms with E-state index < -0.39 is 0 Å². The fourth-order valence-corrected chi connectivity index (χ4v) is 3.30. The number of piperazine rings is 1. The van der Waals surface area contributed by atoms with E-state index in [2.05, 4.69) is 13.8 Å². The lowest BCUT2D eigenvalue weighted by atomic mass is 10.0. The van der Waals surface area contributed by atoms with Crippen LogP contribution in [0.1, 0.15) is 41.3 Å². The minimum absolute atomic E-state index is 0.0514. The number of rotatable bonds is 4. The normalized spacial score (nSPS) is 14.8. The quantitative estimate of drug-likeness (QED) is 0.848. The van der Waals surface area contributed by atoms with E-state index in [0.29, 0.717) is 38.5 Å². The summed E-state index contributed by atoms with van der Waals surface area (Å²) in [6.07, 6.45) is 4.34. The number of hydrogen-bond acceptors (Lipinski definition) is 2. The zero-order valence-corrected chi connectivity index (χ0v) is 15.8. The molecule has 1 aromatic heterocycles. The van der Waals surface area contributed by atoms with Crippen LogP contribution in [0.2, 0.25) is 0 Å². The average Bonchev–Trinajstić information content (AvgIpc) is 3.06. The van der Waals surface area contributed by atoms with Gasteiger partial charge in [-0.2, -0.15) is 0 Å². The van der Waals surface area contributed by atoms with Gasteiger partial charge < -0.3 is 14.4 Å². The summed E-state index contributed by atoms with van der Waals surface area (Å²) in [7, 11) is 1.95. The van der Waals surface area contributed by atoms with Crippen molar-refractivity contribution in [3.05, 3.63) is 59.4 Å². The number of nitrogens with zero attached hydrogens (tertiary/aromatic N) is 3. The van der Waals surface area contributed by atoms with Crippen molar-refractivity contribution >= 4 is 11.8 Å². The van der Waals surface area contributed by atoms with Crippen LogP contribution >= 0.6 is 0 Å². The molecule has 0 saturated carbocycles. The predicted octanol–water partition coefficient (Wildman–Crippen LogP) is 2.68. The van der Waals surface area contributed by atoms with Crippen molar-refractivity contribution in [2.45, 2.75) is 26.2 Å². The van der Waals surface area contributed by atoms with Crippen LogP contribution in [0, 0.1) is 0 Å². The molecule has 0 spiro atoms. The second kappa shape index (κ2) is 7.77. The Balaban J connectivity index is 1.54. The van der Waals surface area contributed by atoms with E-state index in [4.69, 9.17) is 0 Å². The van der Waals surface area contributed by atoms with Crippen molar-refractivity contribution in [2.24, 2.45) is 7.05 Å². The average molecular weight is 353 g/mol. The summed E-state index contributed by atoms with van der Waals surface area (Å²) in [6.45, 7) is 6.66. The molecule has 2 heterocycles. The molecular formula is C21H27N3O2. The summed E-state index contributed by atoms with van der Waals surface area (Å²) in [5.41, 5.74) is 2.98. The summed E-state index contributed by atoms with van der Waals surface area (Å²) < 4.78 is 1.95. The van der Waals surface area contributed by atoms with Crippen molar-refractivity contribution < 1.29 is 9.59 Å². The summed E-state index contributed by atoms with van der Waals surface area (Å²) >= 11 is 0. The van der Waals surface area contributed by atoms with E-state index in [1.807, 2.05) is 64.1 Å². The maximum Gasteiger partial charge on any atom is 0.253 e. The molecule has 1 saturated heterocycles. The number of benzene rings is 1. The maximum atomic E-state index is 12.7. The minimum Gasteiger partial charge on any atom is -0.357 e. The van der Waals surface area contributed by atoms with Gasteiger partial charge in [-0.05, 0) is 35.2 Å². The van der Waals surface area contributed by atoms with Crippen molar-refractivity contribution in [3.63, 3.8) is 0 Å². The zero-order valence-electron chi connectivity index (χ0n) is 15.8. The van der Waals surface area contributed by atoms with Gasteiger partial charge in [0.2, 0.25) is 5.91 Å². The largest absolute Gasteiger partial charge is 0.357 e. The highest BCUT2D eigenvalue weighted by Gasteiger charge is 2.25. The van der Waals surface area contributed by atoms with Crippen LogP contribution in [0.4, 0.5) is 0 Å². The molecule has 1 aliphatic rings. The molecule has 0 atom stereocenters. The lowest BCUT2D eigenvalue weighted by Crippen LogP contribution is -2.51. The molecule has 0 unspecified atom stereocenters. The summed E-state index contributed by atoms with van der Waals surface area (Å²) in [5.74, 6) is 0.637. The molecule has 0 radical (unpaired) electrons. The van der Waals surface area contributed by atoms with E-state index in [-0.39, 0.29) is 11.8 Å². The molecule has 0 aliphatic carbocycles. The molecule has 3 rings (SSSR count). The first-order valence-corrected chi connectivity index (χ1v) is 9.22. The number of amides is 2. The van der Waals surface area contributed by atoms with Crippen molar-refractivity contribution in [1.82, 2.24) is 14.4 Å². The van der Waals surface area contributed by atoms with E-state index in [1.54, 1.807) is 0 Å². The van der Waals surface area contributed by atoms with Crippen LogP contribution in [-0.2, 0) is 18.3 Å². The van der Waals surface area contributed by atoms with Crippen LogP contribution in [0.5, 0.6) is 0 Å². The number of carbonyl (C=O) groups excluding carboxylic acids is 2. The molecule has 26 heavy (non-hydrogen) atoms. The molecule has 5 heteroatoms. The Morgan fingerprint density at radius 1 is 0.962 bits per heavy atom. The highest BCUT2D eigenvalue weighted by molar-refractivity contribution is 5.94. The van der Waals surface area contributed by atoms with Gasteiger partial charge in [0.05, 0.1) is 6.42 Å². The Hall–Kier alpha value is -2.56. The van der Waals surface area contributed by atoms with Gasteiger partial charge in [-0.1, -0.05) is 26.0 Å². The fraction of sp³-hybridized carbons (Fsp3) is 0.429. The maximum absolute atomic E-state index is 12.7. The molecular weight excluding hydrogens is 326 g/mol. The van der Waals surface area contributed by atoms with Crippen LogP contribution in [0.3, 0.4) is 0 Å². The summed E-state index contributed by atoms with van der Waals surface area (Å²) in [5, 5.41) is 0. The summed E-state index contributed by atoms with van der Waals surface area (Å²) in [6, 6.07) is 9.84. The molecule has 1 aliphatic heterocycles. The molecule has 2 amide bonds. The van der Waals surface area contributed by atoms with Crippen LogP contribution in [-0.4, -0.2) is 52.4 Å². The first-order valence-electron chi connectivity index (χ1n) is 9.22. The predicted molar refractivity (Wildman–Crippen MR) is 102 cm³/mol. The lowest BCUT2D eigenvalue weighted by Gasteiger charge is -2.35. The van der Waals surface area contributed by atoms with Gasteiger partial charge in [-0.3, -0.25) is 9.59 Å². The number of hydrogen-bond donors (Lipinski definition) is 0. The third kappa shape index (κ3) is 4.15. The fourth-order valence-electron chi connectivity index (χ4n) is 3.30. The van der Waals surface area contributed by atoms with E-state index >= 15 is 0 Å². The Bertz CT molecular complexity index is 769. The Kier molecular flexibility index (Phi) is 5.45. The number of aryl methyl sites for hydroxylation is 1. The van der Waals surface area contributed by atoms with Gasteiger partial charge >= 0.3 is 0 Å². The van der Waals surface area contributed by atoms with E-state index in [9.17, 15) is 9.59 Å². The van der Waals surface area contributed by atoms with Crippen molar-refractivity contribution in [3.8, 4) is 0 Å². The molecule has 0 bridgehead atoms. The third-order valence-corrected chi connectivity index (χ3v) is 4.99. The Morgan fingerprint density at radius 3 is 2.12 bits per heavy atom. The Labute approximate surface area is 155 Å². The third-order valence-electron chi connectivity index (χ3n) is 4.99. The van der Waals surface area contributed by atoms with Crippen LogP contribution in [0.15, 0.2) is 42.7 Å². The van der Waals surface area contributed by atoms with Crippen molar-refractivity contribution in [2.75, 3.05) is 26.2 Å². The highest BCUT2D eigenvalue weighted by atomic mass is 16.2. The molecule has 138 valence electrons. The first kappa shape index (κ1) is 18.2.